The minimum absolute atomic E-state index is 0.395. The number of aliphatic hydroxyl groups excluding tert-OH is 1. The van der Waals surface area contributed by atoms with Gasteiger partial charge in [-0.2, -0.15) is 0 Å². The average molecular weight is 194 g/mol. The van der Waals surface area contributed by atoms with Crippen LogP contribution in [-0.4, -0.2) is 5.11 Å². The second kappa shape index (κ2) is 4.65. The first-order valence-corrected chi connectivity index (χ1v) is 5.58. The zero-order chi connectivity index (χ0) is 9.80. The van der Waals surface area contributed by atoms with Crippen LogP contribution in [0.5, 0.6) is 0 Å². The summed E-state index contributed by atoms with van der Waals surface area (Å²) in [5.74, 6) is 1.42. The maximum atomic E-state index is 9.87. The molecule has 2 heteroatoms. The van der Waals surface area contributed by atoms with Gasteiger partial charge in [0.1, 0.15) is 11.9 Å². The van der Waals surface area contributed by atoms with Crippen molar-refractivity contribution in [2.24, 2.45) is 5.92 Å². The molecule has 2 rings (SSSR count). The van der Waals surface area contributed by atoms with Crippen molar-refractivity contribution in [3.63, 3.8) is 0 Å². The Balaban J connectivity index is 1.84. The van der Waals surface area contributed by atoms with Crippen molar-refractivity contribution in [2.45, 2.75) is 44.6 Å². The topological polar surface area (TPSA) is 33.4 Å². The SMILES string of the molecule is O[C@@H](CC1CCCCC1)c1ccco1. The molecule has 0 saturated heterocycles. The summed E-state index contributed by atoms with van der Waals surface area (Å²) < 4.78 is 5.19. The quantitative estimate of drug-likeness (QED) is 0.801. The maximum Gasteiger partial charge on any atom is 0.132 e. The summed E-state index contributed by atoms with van der Waals surface area (Å²) in [5.41, 5.74) is 0. The Bertz CT molecular complexity index is 247. The molecule has 0 amide bonds. The van der Waals surface area contributed by atoms with Gasteiger partial charge in [-0.25, -0.2) is 0 Å². The Morgan fingerprint density at radius 1 is 1.36 bits per heavy atom. The van der Waals surface area contributed by atoms with E-state index >= 15 is 0 Å². The number of furan rings is 1. The van der Waals surface area contributed by atoms with Crippen molar-refractivity contribution >= 4 is 0 Å². The molecule has 78 valence electrons. The molecule has 1 saturated carbocycles. The fourth-order valence-electron chi connectivity index (χ4n) is 2.34. The third-order valence-corrected chi connectivity index (χ3v) is 3.15. The Labute approximate surface area is 84.9 Å². The molecule has 0 unspecified atom stereocenters. The molecule has 1 fully saturated rings. The van der Waals surface area contributed by atoms with Gasteiger partial charge in [0.25, 0.3) is 0 Å². The lowest BCUT2D eigenvalue weighted by atomic mass is 9.85. The van der Waals surface area contributed by atoms with Crippen molar-refractivity contribution in [3.05, 3.63) is 24.2 Å². The molecule has 1 atom stereocenters. The molecule has 14 heavy (non-hydrogen) atoms. The van der Waals surface area contributed by atoms with Crippen LogP contribution in [0.1, 0.15) is 50.4 Å². The van der Waals surface area contributed by atoms with E-state index in [1.165, 1.54) is 32.1 Å². The molecular weight excluding hydrogens is 176 g/mol. The van der Waals surface area contributed by atoms with Crippen LogP contribution in [0.4, 0.5) is 0 Å². The van der Waals surface area contributed by atoms with Gasteiger partial charge in [-0.05, 0) is 24.5 Å². The minimum atomic E-state index is -0.395. The number of rotatable bonds is 3. The summed E-state index contributed by atoms with van der Waals surface area (Å²) in [5, 5.41) is 9.87. The Morgan fingerprint density at radius 3 is 2.79 bits per heavy atom. The van der Waals surface area contributed by atoms with Crippen LogP contribution in [0.3, 0.4) is 0 Å². The lowest BCUT2D eigenvalue weighted by Gasteiger charge is -2.23. The van der Waals surface area contributed by atoms with Crippen LogP contribution in [0, 0.1) is 5.92 Å². The summed E-state index contributed by atoms with van der Waals surface area (Å²) in [7, 11) is 0. The van der Waals surface area contributed by atoms with Gasteiger partial charge >= 0.3 is 0 Å². The fraction of sp³-hybridized carbons (Fsp3) is 0.667. The predicted molar refractivity (Wildman–Crippen MR) is 54.9 cm³/mol. The van der Waals surface area contributed by atoms with E-state index in [1.807, 2.05) is 12.1 Å². The third kappa shape index (κ3) is 2.38. The summed E-state index contributed by atoms with van der Waals surface area (Å²) in [6.07, 6.45) is 8.68. The molecule has 0 aromatic carbocycles. The molecule has 1 heterocycles. The zero-order valence-electron chi connectivity index (χ0n) is 8.48. The molecule has 0 bridgehead atoms. The molecule has 2 nitrogen and oxygen atoms in total. The first-order chi connectivity index (χ1) is 6.86. The van der Waals surface area contributed by atoms with E-state index in [1.54, 1.807) is 6.26 Å². The normalized spacial score (nSPS) is 20.9. The summed E-state index contributed by atoms with van der Waals surface area (Å²) in [4.78, 5) is 0. The van der Waals surface area contributed by atoms with Crippen molar-refractivity contribution in [2.75, 3.05) is 0 Å². The van der Waals surface area contributed by atoms with Gasteiger partial charge < -0.3 is 9.52 Å². The molecule has 1 aliphatic rings. The molecule has 1 aromatic rings. The molecule has 0 radical (unpaired) electrons. The van der Waals surface area contributed by atoms with E-state index < -0.39 is 6.10 Å². The van der Waals surface area contributed by atoms with E-state index in [-0.39, 0.29) is 0 Å². The number of aliphatic hydroxyl groups is 1. The van der Waals surface area contributed by atoms with Gasteiger partial charge in [0.2, 0.25) is 0 Å². The zero-order valence-corrected chi connectivity index (χ0v) is 8.48. The molecule has 0 spiro atoms. The standard InChI is InChI=1S/C12H18O2/c13-11(12-7-4-8-14-12)9-10-5-2-1-3-6-10/h4,7-8,10-11,13H,1-3,5-6,9H2/t11-/m0/s1. The molecule has 1 N–H and O–H groups in total. The highest BCUT2D eigenvalue weighted by Crippen LogP contribution is 2.31. The number of hydrogen-bond donors (Lipinski definition) is 1. The smallest absolute Gasteiger partial charge is 0.132 e. The fourth-order valence-corrected chi connectivity index (χ4v) is 2.34. The van der Waals surface area contributed by atoms with E-state index in [0.717, 1.165) is 12.2 Å². The van der Waals surface area contributed by atoms with E-state index in [0.29, 0.717) is 5.92 Å². The van der Waals surface area contributed by atoms with Crippen LogP contribution in [0.2, 0.25) is 0 Å². The lowest BCUT2D eigenvalue weighted by Crippen LogP contribution is -2.10. The minimum Gasteiger partial charge on any atom is -0.467 e. The first kappa shape index (κ1) is 9.78. The average Bonchev–Trinajstić information content (AvgIpc) is 2.72. The largest absolute Gasteiger partial charge is 0.467 e. The summed E-state index contributed by atoms with van der Waals surface area (Å²) in [6, 6.07) is 3.69. The second-order valence-corrected chi connectivity index (χ2v) is 4.27. The second-order valence-electron chi connectivity index (χ2n) is 4.27. The van der Waals surface area contributed by atoms with Crippen molar-refractivity contribution in [3.8, 4) is 0 Å². The summed E-state index contributed by atoms with van der Waals surface area (Å²) in [6.45, 7) is 0. The van der Waals surface area contributed by atoms with E-state index in [4.69, 9.17) is 4.42 Å². The van der Waals surface area contributed by atoms with Crippen LogP contribution in [0.25, 0.3) is 0 Å². The Morgan fingerprint density at radius 2 is 2.14 bits per heavy atom. The van der Waals surface area contributed by atoms with Crippen molar-refractivity contribution < 1.29 is 9.52 Å². The molecule has 0 aliphatic heterocycles. The summed E-state index contributed by atoms with van der Waals surface area (Å²) >= 11 is 0. The first-order valence-electron chi connectivity index (χ1n) is 5.58. The lowest BCUT2D eigenvalue weighted by molar-refractivity contribution is 0.109. The van der Waals surface area contributed by atoms with Gasteiger partial charge in [-0.15, -0.1) is 0 Å². The van der Waals surface area contributed by atoms with Crippen LogP contribution >= 0.6 is 0 Å². The predicted octanol–water partition coefficient (Wildman–Crippen LogP) is 3.28. The highest BCUT2D eigenvalue weighted by molar-refractivity contribution is 5.01. The maximum absolute atomic E-state index is 9.87. The Hall–Kier alpha value is -0.760. The Kier molecular flexibility index (Phi) is 3.25. The molecule has 1 aromatic heterocycles. The van der Waals surface area contributed by atoms with Gasteiger partial charge in [0.05, 0.1) is 6.26 Å². The van der Waals surface area contributed by atoms with Crippen LogP contribution < -0.4 is 0 Å². The highest BCUT2D eigenvalue weighted by Gasteiger charge is 2.19. The molecular formula is C12H18O2. The highest BCUT2D eigenvalue weighted by atomic mass is 16.4. The molecule has 1 aliphatic carbocycles. The van der Waals surface area contributed by atoms with Gasteiger partial charge in [0, 0.05) is 0 Å². The third-order valence-electron chi connectivity index (χ3n) is 3.15. The van der Waals surface area contributed by atoms with Gasteiger partial charge in [-0.3, -0.25) is 0 Å². The van der Waals surface area contributed by atoms with Gasteiger partial charge in [0.15, 0.2) is 0 Å². The van der Waals surface area contributed by atoms with Crippen LogP contribution in [-0.2, 0) is 0 Å². The number of hydrogen-bond acceptors (Lipinski definition) is 2. The van der Waals surface area contributed by atoms with Crippen molar-refractivity contribution in [1.82, 2.24) is 0 Å². The van der Waals surface area contributed by atoms with Crippen LogP contribution in [0.15, 0.2) is 22.8 Å². The monoisotopic (exact) mass is 194 g/mol. The van der Waals surface area contributed by atoms with Crippen molar-refractivity contribution in [1.29, 1.82) is 0 Å². The van der Waals surface area contributed by atoms with Gasteiger partial charge in [-0.1, -0.05) is 32.1 Å². The van der Waals surface area contributed by atoms with E-state index in [9.17, 15) is 5.11 Å². The van der Waals surface area contributed by atoms with E-state index in [2.05, 4.69) is 0 Å².